The Morgan fingerprint density at radius 3 is 2.21 bits per heavy atom. The predicted octanol–water partition coefficient (Wildman–Crippen LogP) is 3.36. The van der Waals surface area contributed by atoms with Gasteiger partial charge in [-0.15, -0.1) is 0 Å². The fourth-order valence-electron chi connectivity index (χ4n) is 1.58. The van der Waals surface area contributed by atoms with Crippen LogP contribution in [0.1, 0.15) is 5.82 Å². The molecule has 2 aromatic rings. The molecule has 0 saturated heterocycles. The molecule has 0 aliphatic rings. The van der Waals surface area contributed by atoms with Crippen LogP contribution in [0.2, 0.25) is 0 Å². The number of hydrogen-bond donors (Lipinski definition) is 0. The molecule has 0 fully saturated rings. The average Bonchev–Trinajstić information content (AvgIpc) is 2.37. The lowest BCUT2D eigenvalue weighted by atomic mass is 10.3. The Balaban J connectivity index is 2.41. The Morgan fingerprint density at radius 1 is 1.05 bits per heavy atom. The molecule has 5 nitrogen and oxygen atoms in total. The zero-order valence-corrected chi connectivity index (χ0v) is 12.4. The molecule has 0 unspecified atom stereocenters. The fourth-order valence-corrected chi connectivity index (χ4v) is 2.03. The number of benzene rings is 1. The third-order valence-electron chi connectivity index (χ3n) is 2.37. The molecule has 19 heavy (non-hydrogen) atoms. The van der Waals surface area contributed by atoms with Gasteiger partial charge >= 0.3 is 0 Å². The molecule has 0 saturated carbocycles. The predicted molar refractivity (Wildman–Crippen MR) is 74.1 cm³/mol. The normalized spacial score (nSPS) is 10.1. The zero-order chi connectivity index (χ0) is 13.8. The van der Waals surface area contributed by atoms with Gasteiger partial charge in [0.1, 0.15) is 10.4 Å². The van der Waals surface area contributed by atoms with Gasteiger partial charge in [-0.2, -0.15) is 4.98 Å². The van der Waals surface area contributed by atoms with Crippen LogP contribution in [0.5, 0.6) is 23.1 Å². The van der Waals surface area contributed by atoms with E-state index in [4.69, 9.17) is 14.2 Å². The summed E-state index contributed by atoms with van der Waals surface area (Å²) in [4.78, 5) is 8.33. The third kappa shape index (κ3) is 3.14. The van der Waals surface area contributed by atoms with Crippen LogP contribution in [-0.4, -0.2) is 24.2 Å². The molecule has 0 aliphatic heterocycles. The second-order valence-electron chi connectivity index (χ2n) is 3.67. The molecule has 1 heterocycles. The average molecular weight is 325 g/mol. The molecular formula is C13H13BrN2O3. The first kappa shape index (κ1) is 13.6. The van der Waals surface area contributed by atoms with Crippen molar-refractivity contribution in [3.05, 3.63) is 34.7 Å². The second kappa shape index (κ2) is 5.88. The molecule has 6 heteroatoms. The lowest BCUT2D eigenvalue weighted by Crippen LogP contribution is -1.97. The zero-order valence-electron chi connectivity index (χ0n) is 10.8. The van der Waals surface area contributed by atoms with Crippen LogP contribution in [0.25, 0.3) is 0 Å². The lowest BCUT2D eigenvalue weighted by Gasteiger charge is -2.13. The minimum atomic E-state index is 0.419. The molecule has 1 aromatic heterocycles. The van der Waals surface area contributed by atoms with Gasteiger partial charge in [0.25, 0.3) is 0 Å². The summed E-state index contributed by atoms with van der Waals surface area (Å²) in [5.74, 6) is 2.66. The molecule has 0 radical (unpaired) electrons. The first-order valence-electron chi connectivity index (χ1n) is 5.54. The largest absolute Gasteiger partial charge is 0.493 e. The van der Waals surface area contributed by atoms with Gasteiger partial charge in [0.15, 0.2) is 11.5 Å². The molecular weight excluding hydrogens is 312 g/mol. The highest BCUT2D eigenvalue weighted by Crippen LogP contribution is 2.39. The van der Waals surface area contributed by atoms with Crippen LogP contribution in [0, 0.1) is 6.92 Å². The van der Waals surface area contributed by atoms with Gasteiger partial charge in [-0.3, -0.25) is 0 Å². The van der Waals surface area contributed by atoms with Crippen molar-refractivity contribution in [1.82, 2.24) is 9.97 Å². The van der Waals surface area contributed by atoms with E-state index in [1.807, 2.05) is 6.07 Å². The smallest absolute Gasteiger partial charge is 0.224 e. The van der Waals surface area contributed by atoms with Crippen molar-refractivity contribution in [2.45, 2.75) is 6.92 Å². The molecule has 0 amide bonds. The summed E-state index contributed by atoms with van der Waals surface area (Å²) in [5.41, 5.74) is 0. The van der Waals surface area contributed by atoms with E-state index in [2.05, 4.69) is 25.9 Å². The molecule has 0 spiro atoms. The number of aromatic nitrogens is 2. The van der Waals surface area contributed by atoms with Gasteiger partial charge in [0.2, 0.25) is 11.6 Å². The van der Waals surface area contributed by atoms with Gasteiger partial charge in [-0.1, -0.05) is 6.07 Å². The van der Waals surface area contributed by atoms with Gasteiger partial charge in [0, 0.05) is 6.07 Å². The molecule has 0 atom stereocenters. The van der Waals surface area contributed by atoms with E-state index < -0.39 is 0 Å². The summed E-state index contributed by atoms with van der Waals surface area (Å²) in [6.07, 6.45) is 0. The van der Waals surface area contributed by atoms with Crippen LogP contribution < -0.4 is 14.2 Å². The number of para-hydroxylation sites is 1. The summed E-state index contributed by atoms with van der Waals surface area (Å²) in [5, 5.41) is 0. The van der Waals surface area contributed by atoms with E-state index in [1.54, 1.807) is 39.3 Å². The quantitative estimate of drug-likeness (QED) is 0.807. The van der Waals surface area contributed by atoms with Gasteiger partial charge < -0.3 is 14.2 Å². The second-order valence-corrected chi connectivity index (χ2v) is 4.48. The summed E-state index contributed by atoms with van der Waals surface area (Å²) < 4.78 is 16.9. The first-order valence-corrected chi connectivity index (χ1v) is 6.33. The Kier molecular flexibility index (Phi) is 4.21. The van der Waals surface area contributed by atoms with E-state index in [9.17, 15) is 0 Å². The lowest BCUT2D eigenvalue weighted by molar-refractivity contribution is 0.341. The van der Waals surface area contributed by atoms with Gasteiger partial charge in [-0.25, -0.2) is 4.98 Å². The van der Waals surface area contributed by atoms with E-state index >= 15 is 0 Å². The van der Waals surface area contributed by atoms with Crippen molar-refractivity contribution in [1.29, 1.82) is 0 Å². The van der Waals surface area contributed by atoms with E-state index in [0.29, 0.717) is 33.6 Å². The SMILES string of the molecule is COc1cccc(OC)c1Oc1cc(Br)nc(C)n1. The Hall–Kier alpha value is -1.82. The highest BCUT2D eigenvalue weighted by Gasteiger charge is 2.13. The third-order valence-corrected chi connectivity index (χ3v) is 2.78. The van der Waals surface area contributed by atoms with Crippen LogP contribution in [0.15, 0.2) is 28.9 Å². The highest BCUT2D eigenvalue weighted by atomic mass is 79.9. The maximum absolute atomic E-state index is 5.75. The fraction of sp³-hybridized carbons (Fsp3) is 0.231. The Labute approximate surface area is 119 Å². The minimum absolute atomic E-state index is 0.419. The maximum Gasteiger partial charge on any atom is 0.224 e. The number of ether oxygens (including phenoxy) is 3. The van der Waals surface area contributed by atoms with Crippen molar-refractivity contribution in [3.8, 4) is 23.1 Å². The molecule has 0 N–H and O–H groups in total. The number of methoxy groups -OCH3 is 2. The highest BCUT2D eigenvalue weighted by molar-refractivity contribution is 9.10. The van der Waals surface area contributed by atoms with Crippen LogP contribution in [-0.2, 0) is 0 Å². The number of hydrogen-bond acceptors (Lipinski definition) is 5. The van der Waals surface area contributed by atoms with Crippen molar-refractivity contribution in [2.75, 3.05) is 14.2 Å². The molecule has 0 bridgehead atoms. The molecule has 2 rings (SSSR count). The van der Waals surface area contributed by atoms with Crippen molar-refractivity contribution >= 4 is 15.9 Å². The number of rotatable bonds is 4. The van der Waals surface area contributed by atoms with E-state index in [0.717, 1.165) is 0 Å². The van der Waals surface area contributed by atoms with Crippen LogP contribution in [0.3, 0.4) is 0 Å². The van der Waals surface area contributed by atoms with Crippen LogP contribution >= 0.6 is 15.9 Å². The van der Waals surface area contributed by atoms with Crippen molar-refractivity contribution in [2.24, 2.45) is 0 Å². The Morgan fingerprint density at radius 2 is 1.68 bits per heavy atom. The van der Waals surface area contributed by atoms with Crippen molar-refractivity contribution < 1.29 is 14.2 Å². The monoisotopic (exact) mass is 324 g/mol. The summed E-state index contributed by atoms with van der Waals surface area (Å²) in [7, 11) is 3.14. The minimum Gasteiger partial charge on any atom is -0.493 e. The molecule has 100 valence electrons. The summed E-state index contributed by atoms with van der Waals surface area (Å²) >= 11 is 3.30. The number of nitrogens with zero attached hydrogens (tertiary/aromatic N) is 2. The van der Waals surface area contributed by atoms with Crippen LogP contribution in [0.4, 0.5) is 0 Å². The van der Waals surface area contributed by atoms with Gasteiger partial charge in [-0.05, 0) is 35.0 Å². The Bertz CT molecular complexity index is 548. The van der Waals surface area contributed by atoms with E-state index in [-0.39, 0.29) is 0 Å². The number of aryl methyl sites for hydroxylation is 1. The number of halogens is 1. The standard InChI is InChI=1S/C13H13BrN2O3/c1-8-15-11(14)7-12(16-8)19-13-9(17-2)5-4-6-10(13)18-3/h4-7H,1-3H3. The summed E-state index contributed by atoms with van der Waals surface area (Å²) in [6, 6.07) is 7.09. The van der Waals surface area contributed by atoms with E-state index in [1.165, 1.54) is 0 Å². The van der Waals surface area contributed by atoms with Crippen molar-refractivity contribution in [3.63, 3.8) is 0 Å². The molecule has 0 aliphatic carbocycles. The van der Waals surface area contributed by atoms with Gasteiger partial charge in [0.05, 0.1) is 14.2 Å². The maximum atomic E-state index is 5.75. The summed E-state index contributed by atoms with van der Waals surface area (Å²) in [6.45, 7) is 1.79. The first-order chi connectivity index (χ1) is 9.13. The topological polar surface area (TPSA) is 53.5 Å². The molecule has 1 aromatic carbocycles.